The van der Waals surface area contributed by atoms with Crippen LogP contribution >= 0.6 is 11.8 Å². The fraction of sp³-hybridized carbons (Fsp3) is 0.00870. The van der Waals surface area contributed by atoms with Gasteiger partial charge in [-0.3, -0.25) is 0 Å². The minimum Gasteiger partial charge on any atom is -0.453 e. The Bertz CT molecular complexity index is 7490. The van der Waals surface area contributed by atoms with Crippen LogP contribution in [-0.4, -0.2) is 13.7 Å². The normalized spacial score (nSPS) is 12.2. The first-order valence-electron chi connectivity index (χ1n) is 41.7. The summed E-state index contributed by atoms with van der Waals surface area (Å²) >= 11 is 1.85. The van der Waals surface area contributed by atoms with Crippen LogP contribution in [0.5, 0.6) is 23.0 Å². The van der Waals surface area contributed by atoms with Gasteiger partial charge >= 0.3 is 0 Å². The molecule has 9 heteroatoms. The van der Waals surface area contributed by atoms with E-state index < -0.39 is 0 Å². The number of nitrogens with zero attached hydrogens (tertiary/aromatic N) is 6. The second-order valence-corrected chi connectivity index (χ2v) is 32.2. The molecule has 0 bridgehead atoms. The van der Waals surface area contributed by atoms with E-state index in [9.17, 15) is 0 Å². The van der Waals surface area contributed by atoms with E-state index >= 15 is 0 Å². The molecule has 0 amide bonds. The third kappa shape index (κ3) is 13.1. The van der Waals surface area contributed by atoms with Gasteiger partial charge in [0, 0.05) is 76.2 Å². The molecule has 0 saturated carbocycles. The van der Waals surface area contributed by atoms with Crippen molar-refractivity contribution in [2.24, 2.45) is 0 Å². The van der Waals surface area contributed by atoms with Crippen LogP contribution in [0.25, 0.3) is 127 Å². The molecule has 6 heterocycles. The first kappa shape index (κ1) is 74.2. The zero-order chi connectivity index (χ0) is 81.3. The van der Waals surface area contributed by atoms with Gasteiger partial charge < -0.3 is 37.9 Å². The van der Waals surface area contributed by atoms with Crippen LogP contribution in [0.15, 0.2) is 471 Å². The third-order valence-corrected chi connectivity index (χ3v) is 25.0. The number of para-hydroxylation sites is 13. The van der Waals surface area contributed by atoms with E-state index in [1.165, 1.54) is 126 Å². The van der Waals surface area contributed by atoms with Gasteiger partial charge in [-0.1, -0.05) is 280 Å². The minimum absolute atomic E-state index is 0. The molecule has 0 radical (unpaired) electrons. The summed E-state index contributed by atoms with van der Waals surface area (Å²) in [6, 6.07) is 164. The van der Waals surface area contributed by atoms with Crippen molar-refractivity contribution < 1.29 is 9.47 Å². The Balaban J connectivity index is 0.000000111. The highest BCUT2D eigenvalue weighted by atomic mass is 32.2. The number of benzene rings is 19. The van der Waals surface area contributed by atoms with E-state index in [2.05, 4.69) is 453 Å². The summed E-state index contributed by atoms with van der Waals surface area (Å²) < 4.78 is 20.1. The summed E-state index contributed by atoms with van der Waals surface area (Å²) in [5.74, 6) is 3.40. The lowest BCUT2D eigenvalue weighted by atomic mass is 10.0. The molecule has 3 aliphatic heterocycles. The van der Waals surface area contributed by atoms with E-state index in [-0.39, 0.29) is 7.43 Å². The molecular weight excluding hydrogens is 1530 g/mol. The van der Waals surface area contributed by atoms with Crippen molar-refractivity contribution in [1.82, 2.24) is 13.7 Å². The molecule has 8 nitrogen and oxygen atoms in total. The maximum Gasteiger partial charge on any atom is 0.152 e. The Morgan fingerprint density at radius 1 is 0.161 bits per heavy atom. The summed E-state index contributed by atoms with van der Waals surface area (Å²) in [7, 11) is 0. The molecule has 3 aromatic heterocycles. The first-order valence-corrected chi connectivity index (χ1v) is 42.5. The van der Waals surface area contributed by atoms with E-state index in [1.54, 1.807) is 0 Å². The predicted octanol–water partition coefficient (Wildman–Crippen LogP) is 32.7. The van der Waals surface area contributed by atoms with Gasteiger partial charge in [0.1, 0.15) is 0 Å². The van der Waals surface area contributed by atoms with Crippen LogP contribution in [0.1, 0.15) is 7.43 Å². The van der Waals surface area contributed by atoms with E-state index in [1.807, 2.05) is 48.2 Å². The van der Waals surface area contributed by atoms with Crippen LogP contribution in [0.3, 0.4) is 0 Å². The fourth-order valence-corrected chi connectivity index (χ4v) is 19.4. The van der Waals surface area contributed by atoms with Crippen molar-refractivity contribution in [3.05, 3.63) is 461 Å². The number of hydrogen-bond donors (Lipinski definition) is 0. The predicted molar refractivity (Wildman–Crippen MR) is 519 cm³/mol. The number of fused-ring (bicyclic) bond motifs is 15. The molecule has 0 aliphatic carbocycles. The highest BCUT2D eigenvalue weighted by Crippen LogP contribution is 2.56. The Kier molecular flexibility index (Phi) is 18.9. The monoisotopic (exact) mass is 1610 g/mol. The van der Waals surface area contributed by atoms with Crippen molar-refractivity contribution in [3.63, 3.8) is 0 Å². The van der Waals surface area contributed by atoms with Crippen molar-refractivity contribution in [2.45, 2.75) is 17.2 Å². The quantitative estimate of drug-likeness (QED) is 0.136. The molecule has 0 atom stereocenters. The maximum atomic E-state index is 6.51. The molecule has 3 aliphatic rings. The Labute approximate surface area is 724 Å². The minimum atomic E-state index is 0. The number of rotatable bonds is 10. The largest absolute Gasteiger partial charge is 0.453 e. The molecule has 0 saturated heterocycles. The van der Waals surface area contributed by atoms with Crippen molar-refractivity contribution in [2.75, 3.05) is 14.7 Å². The van der Waals surface area contributed by atoms with E-state index in [4.69, 9.17) is 9.47 Å². The number of hydrogen-bond acceptors (Lipinski definition) is 6. The highest BCUT2D eigenvalue weighted by Gasteiger charge is 2.30. The van der Waals surface area contributed by atoms with Crippen molar-refractivity contribution in [3.8, 4) is 84.6 Å². The fourth-order valence-electron chi connectivity index (χ4n) is 18.3. The van der Waals surface area contributed by atoms with Crippen LogP contribution in [0, 0.1) is 0 Å². The lowest BCUT2D eigenvalue weighted by Crippen LogP contribution is -2.15. The second kappa shape index (κ2) is 31.6. The number of ether oxygens (including phenoxy) is 2. The van der Waals surface area contributed by atoms with Crippen LogP contribution < -0.4 is 24.2 Å². The van der Waals surface area contributed by atoms with Crippen LogP contribution in [0.4, 0.5) is 51.2 Å². The van der Waals surface area contributed by atoms with Gasteiger partial charge in [0.2, 0.25) is 0 Å². The van der Waals surface area contributed by atoms with E-state index in [0.29, 0.717) is 0 Å². The van der Waals surface area contributed by atoms with Gasteiger partial charge in [0.15, 0.2) is 23.0 Å². The zero-order valence-electron chi connectivity index (χ0n) is 66.8. The average Bonchev–Trinajstić information content (AvgIpc) is 1.46. The summed E-state index contributed by atoms with van der Waals surface area (Å²) in [5.41, 5.74) is 30.2. The van der Waals surface area contributed by atoms with Gasteiger partial charge in [-0.2, -0.15) is 0 Å². The highest BCUT2D eigenvalue weighted by molar-refractivity contribution is 7.99. The Morgan fingerprint density at radius 2 is 0.427 bits per heavy atom. The Hall–Kier alpha value is -16.1. The number of anilines is 9. The summed E-state index contributed by atoms with van der Waals surface area (Å²) in [6.07, 6.45) is 0. The van der Waals surface area contributed by atoms with Gasteiger partial charge in [-0.05, 0) is 245 Å². The Morgan fingerprint density at radius 3 is 0.847 bits per heavy atom. The summed E-state index contributed by atoms with van der Waals surface area (Å²) in [6.45, 7) is 0. The van der Waals surface area contributed by atoms with Gasteiger partial charge in [-0.25, -0.2) is 0 Å². The first-order chi connectivity index (χ1) is 61.0. The second-order valence-electron chi connectivity index (χ2n) is 31.1. The molecule has 0 unspecified atom stereocenters. The molecule has 0 N–H and O–H groups in total. The molecule has 19 aromatic carbocycles. The molecule has 25 rings (SSSR count). The lowest BCUT2D eigenvalue weighted by Gasteiger charge is -2.33. The molecule has 588 valence electrons. The van der Waals surface area contributed by atoms with Gasteiger partial charge in [-0.15, -0.1) is 0 Å². The van der Waals surface area contributed by atoms with Gasteiger partial charge in [0.25, 0.3) is 0 Å². The topological polar surface area (TPSA) is 43.0 Å². The standard InChI is InChI=1S/C42H28N2O.C36H24N2O.C36H24N2S.CH4/c1-3-11-29(12-4-1)30-19-23-34(24-20-30)43-37-16-8-7-15-35(37)36-27-31(21-25-38(36)43)32-22-26-40-42(28-32)45-41-18-10-9-17-39(41)44(40)33-13-5-2-6-14-33;2*1-3-11-27(12-4-1)37-31-16-8-7-15-29(31)30-23-25(19-21-32(30)37)26-20-22-34-36(24-26)39-35-18-10-9-17-33(35)38(34)28-13-5-2-6-14-28;/h1-28H;2*1-24H;1H4. The smallest absolute Gasteiger partial charge is 0.152 e. The molecule has 22 aromatic rings. The molecule has 0 spiro atoms. The lowest BCUT2D eigenvalue weighted by molar-refractivity contribution is 0.477. The maximum absolute atomic E-state index is 6.51. The summed E-state index contributed by atoms with van der Waals surface area (Å²) in [5, 5.41) is 7.49. The zero-order valence-corrected chi connectivity index (χ0v) is 67.6. The van der Waals surface area contributed by atoms with Crippen LogP contribution in [0.2, 0.25) is 0 Å². The average molecular weight is 1610 g/mol. The van der Waals surface area contributed by atoms with Crippen LogP contribution in [-0.2, 0) is 0 Å². The molecular formula is C115H80N6O2S. The van der Waals surface area contributed by atoms with Crippen molar-refractivity contribution >= 4 is 128 Å². The SMILES string of the molecule is C.c1ccc(-c2ccc(-n3c4ccccc4c4cc(-c5ccc6c(c5)Oc5ccccc5N6c5ccccc5)ccc43)cc2)cc1.c1ccc(N2c3ccccc3Oc3cc(-c4ccc5c(c4)c4ccccc4n5-c4ccccc4)ccc32)cc1.c1ccc(N2c3ccccc3Sc3cc(-c4ccc5c(c4)c4ccccc4n5-c4ccccc4)ccc32)cc1. The van der Waals surface area contributed by atoms with E-state index in [0.717, 1.165) is 85.1 Å². The molecule has 0 fully saturated rings. The van der Waals surface area contributed by atoms with Gasteiger partial charge in [0.05, 0.1) is 67.2 Å². The summed E-state index contributed by atoms with van der Waals surface area (Å²) in [4.78, 5) is 9.46. The third-order valence-electron chi connectivity index (χ3n) is 23.9. The molecule has 124 heavy (non-hydrogen) atoms. The van der Waals surface area contributed by atoms with Crippen molar-refractivity contribution in [1.29, 1.82) is 0 Å². The number of aromatic nitrogens is 3.